The van der Waals surface area contributed by atoms with Gasteiger partial charge in [-0.05, 0) is 99.7 Å². The first kappa shape index (κ1) is 22.1. The van der Waals surface area contributed by atoms with Gasteiger partial charge in [0.1, 0.15) is 0 Å². The fourth-order valence-corrected chi connectivity index (χ4v) is 7.42. The van der Waals surface area contributed by atoms with Crippen LogP contribution in [0.15, 0.2) is 60.2 Å². The number of benzene rings is 2. The molecule has 2 aromatic carbocycles. The lowest BCUT2D eigenvalue weighted by Crippen LogP contribution is -2.62. The van der Waals surface area contributed by atoms with E-state index in [-0.39, 0.29) is 17.0 Å². The molecule has 6 rings (SSSR count). The largest absolute Gasteiger partial charge is 0.333 e. The zero-order valence-electron chi connectivity index (χ0n) is 20.9. The average molecular weight is 455 g/mol. The lowest BCUT2D eigenvalue weighted by molar-refractivity contribution is -0.146. The fraction of sp³-hybridized carbons (Fsp3) is 0.516. The first-order chi connectivity index (χ1) is 16.5. The van der Waals surface area contributed by atoms with Gasteiger partial charge in [0.2, 0.25) is 5.91 Å². The number of amides is 1. The molecule has 1 spiro atoms. The summed E-state index contributed by atoms with van der Waals surface area (Å²) in [5.41, 5.74) is 7.57. The summed E-state index contributed by atoms with van der Waals surface area (Å²) in [6.07, 6.45) is 11.0. The fourth-order valence-electron chi connectivity index (χ4n) is 7.42. The van der Waals surface area contributed by atoms with Gasteiger partial charge in [-0.1, -0.05) is 61.0 Å². The molecule has 4 aliphatic rings. The minimum Gasteiger partial charge on any atom is -0.333 e. The first-order valence-corrected chi connectivity index (χ1v) is 13.4. The number of hydrogen-bond acceptors (Lipinski definition) is 2. The van der Waals surface area contributed by atoms with Crippen LogP contribution in [0.5, 0.6) is 0 Å². The normalized spacial score (nSPS) is 28.7. The van der Waals surface area contributed by atoms with Gasteiger partial charge in [-0.25, -0.2) is 0 Å². The monoisotopic (exact) mass is 454 g/mol. The second kappa shape index (κ2) is 8.37. The number of likely N-dealkylation sites (N-methyl/N-ethyl adjacent to an activating group) is 1. The summed E-state index contributed by atoms with van der Waals surface area (Å²) in [6, 6.07) is 20.0. The maximum absolute atomic E-state index is 13.8. The number of rotatable bonds is 4. The van der Waals surface area contributed by atoms with Gasteiger partial charge in [-0.15, -0.1) is 0 Å². The Balaban J connectivity index is 1.36. The van der Waals surface area contributed by atoms with Crippen LogP contribution in [0, 0.1) is 5.92 Å². The van der Waals surface area contributed by atoms with Gasteiger partial charge >= 0.3 is 0 Å². The van der Waals surface area contributed by atoms with E-state index in [4.69, 9.17) is 0 Å². The minimum atomic E-state index is -0.0878. The van der Waals surface area contributed by atoms with Crippen molar-refractivity contribution < 1.29 is 4.79 Å². The molecule has 3 aliphatic carbocycles. The summed E-state index contributed by atoms with van der Waals surface area (Å²) in [6.45, 7) is 0.899. The van der Waals surface area contributed by atoms with Gasteiger partial charge in [0.25, 0.3) is 0 Å². The predicted octanol–water partition coefficient (Wildman–Crippen LogP) is 5.88. The molecule has 0 N–H and O–H groups in total. The minimum absolute atomic E-state index is 0.0878. The number of carbonyl (C=O) groups is 1. The zero-order chi connectivity index (χ0) is 23.3. The van der Waals surface area contributed by atoms with Crippen molar-refractivity contribution in [1.29, 1.82) is 0 Å². The molecule has 3 heteroatoms. The highest BCUT2D eigenvalue weighted by atomic mass is 16.2. The van der Waals surface area contributed by atoms with Gasteiger partial charge in [0, 0.05) is 18.0 Å². The highest BCUT2D eigenvalue weighted by Gasteiger charge is 2.54. The summed E-state index contributed by atoms with van der Waals surface area (Å²) in [5, 5.41) is 0. The van der Waals surface area contributed by atoms with E-state index in [1.54, 1.807) is 11.1 Å². The van der Waals surface area contributed by atoms with Crippen molar-refractivity contribution >= 4 is 11.5 Å². The molecule has 0 bridgehead atoms. The number of nitrogens with zero attached hydrogens (tertiary/aromatic N) is 2. The SMILES string of the molecule is CN(C)C1(Cc2ccccc2)CCC2(CC1)C1=C(CCN2C(=O)C2CCC2)c2ccccc2C1. The van der Waals surface area contributed by atoms with Crippen LogP contribution in [0.4, 0.5) is 0 Å². The Morgan fingerprint density at radius 1 is 0.971 bits per heavy atom. The van der Waals surface area contributed by atoms with Crippen molar-refractivity contribution in [3.05, 3.63) is 76.9 Å². The quantitative estimate of drug-likeness (QED) is 0.576. The molecule has 34 heavy (non-hydrogen) atoms. The molecule has 0 aromatic heterocycles. The first-order valence-electron chi connectivity index (χ1n) is 13.4. The lowest BCUT2D eigenvalue weighted by atomic mass is 9.63. The van der Waals surface area contributed by atoms with E-state index in [0.717, 1.165) is 64.3 Å². The third kappa shape index (κ3) is 3.39. The summed E-state index contributed by atoms with van der Waals surface area (Å²) >= 11 is 0. The lowest BCUT2D eigenvalue weighted by Gasteiger charge is -2.57. The van der Waals surface area contributed by atoms with E-state index in [0.29, 0.717) is 5.91 Å². The number of fused-ring (bicyclic) bond motifs is 3. The van der Waals surface area contributed by atoms with Crippen molar-refractivity contribution in [1.82, 2.24) is 9.80 Å². The van der Waals surface area contributed by atoms with Gasteiger partial charge in [-0.3, -0.25) is 4.79 Å². The molecule has 0 radical (unpaired) electrons. The van der Waals surface area contributed by atoms with Gasteiger partial charge < -0.3 is 9.80 Å². The van der Waals surface area contributed by atoms with E-state index in [9.17, 15) is 4.79 Å². The smallest absolute Gasteiger partial charge is 0.226 e. The highest BCUT2D eigenvalue weighted by Crippen LogP contribution is 2.54. The van der Waals surface area contributed by atoms with E-state index < -0.39 is 0 Å². The van der Waals surface area contributed by atoms with Crippen molar-refractivity contribution in [2.45, 2.75) is 75.3 Å². The Labute approximate surface area is 204 Å². The van der Waals surface area contributed by atoms with Crippen LogP contribution in [-0.4, -0.2) is 47.4 Å². The van der Waals surface area contributed by atoms with E-state index >= 15 is 0 Å². The molecule has 1 heterocycles. The second-order valence-corrected chi connectivity index (χ2v) is 11.5. The highest BCUT2D eigenvalue weighted by molar-refractivity contribution is 5.86. The molecular formula is C31H38N2O. The van der Waals surface area contributed by atoms with Crippen LogP contribution in [0.3, 0.4) is 0 Å². The molecule has 2 saturated carbocycles. The van der Waals surface area contributed by atoms with E-state index in [1.807, 2.05) is 0 Å². The Kier molecular flexibility index (Phi) is 5.44. The third-order valence-corrected chi connectivity index (χ3v) is 9.79. The summed E-state index contributed by atoms with van der Waals surface area (Å²) < 4.78 is 0. The molecule has 0 atom stereocenters. The summed E-state index contributed by atoms with van der Waals surface area (Å²) in [7, 11) is 4.52. The van der Waals surface area contributed by atoms with Crippen molar-refractivity contribution in [2.24, 2.45) is 5.92 Å². The van der Waals surface area contributed by atoms with Crippen molar-refractivity contribution in [3.8, 4) is 0 Å². The van der Waals surface area contributed by atoms with Crippen LogP contribution in [0.2, 0.25) is 0 Å². The Bertz CT molecular complexity index is 1100. The van der Waals surface area contributed by atoms with Crippen LogP contribution in [-0.2, 0) is 17.6 Å². The molecule has 2 aromatic rings. The van der Waals surface area contributed by atoms with Crippen LogP contribution in [0.25, 0.3) is 5.57 Å². The molecule has 178 valence electrons. The summed E-state index contributed by atoms with van der Waals surface area (Å²) in [5.74, 6) is 0.724. The molecule has 1 aliphatic heterocycles. The van der Waals surface area contributed by atoms with Gasteiger partial charge in [0.05, 0.1) is 5.54 Å². The Morgan fingerprint density at radius 3 is 2.35 bits per heavy atom. The zero-order valence-corrected chi connectivity index (χ0v) is 20.9. The molecule has 2 fully saturated rings. The topological polar surface area (TPSA) is 23.6 Å². The van der Waals surface area contributed by atoms with Crippen molar-refractivity contribution in [3.63, 3.8) is 0 Å². The molecule has 0 unspecified atom stereocenters. The van der Waals surface area contributed by atoms with Crippen LogP contribution >= 0.6 is 0 Å². The molecule has 1 amide bonds. The Morgan fingerprint density at radius 2 is 1.68 bits per heavy atom. The van der Waals surface area contributed by atoms with Crippen molar-refractivity contribution in [2.75, 3.05) is 20.6 Å². The molecule has 3 nitrogen and oxygen atoms in total. The maximum Gasteiger partial charge on any atom is 0.226 e. The van der Waals surface area contributed by atoms with Gasteiger partial charge in [-0.2, -0.15) is 0 Å². The molecular weight excluding hydrogens is 416 g/mol. The van der Waals surface area contributed by atoms with Crippen LogP contribution in [0.1, 0.15) is 68.1 Å². The summed E-state index contributed by atoms with van der Waals surface area (Å²) in [4.78, 5) is 18.7. The van der Waals surface area contributed by atoms with Crippen LogP contribution < -0.4 is 0 Å². The standard InChI is InChI=1S/C31H38N2O/c1-32(2)30(22-23-9-4-3-5-10-23)16-18-31(19-17-30)28-21-25-11-6-7-14-26(25)27(28)15-20-33(31)29(34)24-12-8-13-24/h3-7,9-11,14,24H,8,12-13,15-22H2,1-2H3. The molecule has 0 saturated heterocycles. The number of hydrogen-bond donors (Lipinski definition) is 0. The Hall–Kier alpha value is -2.39. The van der Waals surface area contributed by atoms with E-state index in [1.165, 1.54) is 23.1 Å². The third-order valence-electron chi connectivity index (χ3n) is 9.79. The maximum atomic E-state index is 13.8. The number of carbonyl (C=O) groups excluding carboxylic acids is 1. The van der Waals surface area contributed by atoms with Gasteiger partial charge in [0.15, 0.2) is 0 Å². The average Bonchev–Trinajstić information content (AvgIpc) is 3.20. The predicted molar refractivity (Wildman–Crippen MR) is 138 cm³/mol. The van der Waals surface area contributed by atoms with E-state index in [2.05, 4.69) is 78.5 Å². The second-order valence-electron chi connectivity index (χ2n) is 11.5.